The largest absolute Gasteiger partial charge is 0.372 e. The van der Waals surface area contributed by atoms with Crippen LogP contribution in [0.15, 0.2) is 18.2 Å². The summed E-state index contributed by atoms with van der Waals surface area (Å²) in [7, 11) is -4.89. The van der Waals surface area contributed by atoms with Gasteiger partial charge in [0.05, 0.1) is 12.6 Å². The second-order valence-corrected chi connectivity index (χ2v) is 7.02. The first-order valence-corrected chi connectivity index (χ1v) is 9.09. The molecule has 1 unspecified atom stereocenters. The highest BCUT2D eigenvalue weighted by Crippen LogP contribution is 2.32. The van der Waals surface area contributed by atoms with Gasteiger partial charge < -0.3 is 10.6 Å². The van der Waals surface area contributed by atoms with Crippen molar-refractivity contribution in [1.82, 2.24) is 15.4 Å². The van der Waals surface area contributed by atoms with Crippen LogP contribution in [0.4, 0.5) is 8.28 Å². The van der Waals surface area contributed by atoms with Crippen LogP contribution < -0.4 is 15.4 Å². The molecule has 2 rings (SSSR count). The third-order valence-electron chi connectivity index (χ3n) is 3.83. The monoisotopic (exact) mass is 375 g/mol. The average molecular weight is 375 g/mol. The van der Waals surface area contributed by atoms with Crippen LogP contribution in [0, 0.1) is 5.82 Å². The zero-order valence-electron chi connectivity index (χ0n) is 13.5. The summed E-state index contributed by atoms with van der Waals surface area (Å²) in [6.07, 6.45) is 0.791. The Labute approximate surface area is 144 Å². The summed E-state index contributed by atoms with van der Waals surface area (Å²) >= 11 is 0. The van der Waals surface area contributed by atoms with E-state index in [2.05, 4.69) is 10.6 Å². The van der Waals surface area contributed by atoms with Crippen LogP contribution >= 0.6 is 0 Å². The summed E-state index contributed by atoms with van der Waals surface area (Å²) in [4.78, 5) is 23.5. The Morgan fingerprint density at radius 2 is 2.04 bits per heavy atom. The number of fused-ring (bicyclic) bond motifs is 1. The molecule has 10 heteroatoms. The van der Waals surface area contributed by atoms with E-state index < -0.39 is 28.3 Å². The Bertz CT molecular complexity index is 770. The van der Waals surface area contributed by atoms with Crippen molar-refractivity contribution < 1.29 is 26.3 Å². The summed E-state index contributed by atoms with van der Waals surface area (Å²) in [6, 6.07) is 3.44. The molecule has 0 bridgehead atoms. The molecule has 7 nitrogen and oxygen atoms in total. The van der Waals surface area contributed by atoms with Gasteiger partial charge in [0.1, 0.15) is 5.82 Å². The standard InChI is InChI=1S/C15H19F2N3O4S/c1-9(20-25(17,23)24)7-14(21)18-8-15(22)19-13-6-5-10-11(13)3-2-4-12(10)16/h2-4,9,13,20H,5-8H2,1H3,(H,18,21)(H,19,22)/t9-,13?/m0/s1. The van der Waals surface area contributed by atoms with E-state index in [1.807, 2.05) is 0 Å². The molecule has 3 N–H and O–H groups in total. The number of halogens is 2. The van der Waals surface area contributed by atoms with E-state index in [-0.39, 0.29) is 24.8 Å². The van der Waals surface area contributed by atoms with Crippen LogP contribution in [-0.4, -0.2) is 32.8 Å². The van der Waals surface area contributed by atoms with E-state index in [4.69, 9.17) is 0 Å². The molecule has 0 aromatic heterocycles. The van der Waals surface area contributed by atoms with E-state index in [0.29, 0.717) is 18.4 Å². The second-order valence-electron chi connectivity index (χ2n) is 5.90. The number of hydrogen-bond acceptors (Lipinski definition) is 4. The highest BCUT2D eigenvalue weighted by atomic mass is 32.3. The van der Waals surface area contributed by atoms with Gasteiger partial charge in [-0.1, -0.05) is 16.0 Å². The Morgan fingerprint density at radius 1 is 1.32 bits per heavy atom. The molecule has 2 atom stereocenters. The molecular weight excluding hydrogens is 356 g/mol. The lowest BCUT2D eigenvalue weighted by molar-refractivity contribution is -0.126. The maximum absolute atomic E-state index is 13.6. The SMILES string of the molecule is C[C@@H](CC(=O)NCC(=O)NC1CCc2c(F)cccc21)NS(=O)(=O)F. The van der Waals surface area contributed by atoms with E-state index in [1.54, 1.807) is 16.9 Å². The summed E-state index contributed by atoms with van der Waals surface area (Å²) < 4.78 is 48.5. The summed E-state index contributed by atoms with van der Waals surface area (Å²) in [5.41, 5.74) is 1.31. The summed E-state index contributed by atoms with van der Waals surface area (Å²) in [5, 5.41) is 5.04. The Kier molecular flexibility index (Phi) is 6.07. The molecule has 2 amide bonds. The van der Waals surface area contributed by atoms with Gasteiger partial charge in [0.2, 0.25) is 11.8 Å². The minimum absolute atomic E-state index is 0.299. The van der Waals surface area contributed by atoms with Crippen LogP contribution in [-0.2, 0) is 26.4 Å². The molecule has 1 aromatic rings. The fourth-order valence-corrected chi connectivity index (χ4v) is 3.38. The van der Waals surface area contributed by atoms with Gasteiger partial charge in [-0.3, -0.25) is 9.59 Å². The Morgan fingerprint density at radius 3 is 2.72 bits per heavy atom. The van der Waals surface area contributed by atoms with E-state index >= 15 is 0 Å². The number of benzene rings is 1. The molecule has 0 radical (unpaired) electrons. The number of rotatable bonds is 7. The molecule has 0 saturated heterocycles. The van der Waals surface area contributed by atoms with E-state index in [9.17, 15) is 26.3 Å². The van der Waals surface area contributed by atoms with Gasteiger partial charge in [0.25, 0.3) is 0 Å². The fraction of sp³-hybridized carbons (Fsp3) is 0.467. The van der Waals surface area contributed by atoms with Gasteiger partial charge in [-0.15, -0.1) is 0 Å². The van der Waals surface area contributed by atoms with Crippen molar-refractivity contribution in [2.24, 2.45) is 0 Å². The van der Waals surface area contributed by atoms with Gasteiger partial charge in [-0.25, -0.2) is 4.39 Å². The molecule has 138 valence electrons. The predicted octanol–water partition coefficient (Wildman–Crippen LogP) is 0.628. The molecule has 0 aliphatic heterocycles. The molecule has 0 saturated carbocycles. The Hall–Kier alpha value is -2.07. The first-order valence-electron chi connectivity index (χ1n) is 7.71. The average Bonchev–Trinajstić information content (AvgIpc) is 2.88. The fourth-order valence-electron chi connectivity index (χ4n) is 2.82. The molecule has 0 heterocycles. The zero-order valence-corrected chi connectivity index (χ0v) is 14.3. The molecule has 1 aliphatic rings. The normalized spacial score (nSPS) is 17.6. The zero-order chi connectivity index (χ0) is 18.6. The van der Waals surface area contributed by atoms with E-state index in [0.717, 1.165) is 5.56 Å². The van der Waals surface area contributed by atoms with Gasteiger partial charge >= 0.3 is 10.4 Å². The lowest BCUT2D eigenvalue weighted by atomic mass is 10.1. The van der Waals surface area contributed by atoms with Gasteiger partial charge in [-0.2, -0.15) is 13.1 Å². The number of hydrogen-bond donors (Lipinski definition) is 3. The van der Waals surface area contributed by atoms with Crippen molar-refractivity contribution in [3.8, 4) is 0 Å². The predicted molar refractivity (Wildman–Crippen MR) is 85.9 cm³/mol. The van der Waals surface area contributed by atoms with Gasteiger partial charge in [-0.05, 0) is 37.0 Å². The quantitative estimate of drug-likeness (QED) is 0.608. The number of nitrogens with one attached hydrogen (secondary N) is 3. The lowest BCUT2D eigenvalue weighted by Crippen LogP contribution is -2.40. The van der Waals surface area contributed by atoms with Crippen LogP contribution in [0.25, 0.3) is 0 Å². The molecule has 25 heavy (non-hydrogen) atoms. The van der Waals surface area contributed by atoms with Crippen molar-refractivity contribution in [1.29, 1.82) is 0 Å². The minimum Gasteiger partial charge on any atom is -0.348 e. The summed E-state index contributed by atoms with van der Waals surface area (Å²) in [6.45, 7) is 1.01. The smallest absolute Gasteiger partial charge is 0.348 e. The lowest BCUT2D eigenvalue weighted by Gasteiger charge is -2.15. The van der Waals surface area contributed by atoms with Crippen molar-refractivity contribution in [3.05, 3.63) is 35.1 Å². The number of carbonyl (C=O) groups is 2. The highest BCUT2D eigenvalue weighted by Gasteiger charge is 2.26. The minimum atomic E-state index is -4.89. The van der Waals surface area contributed by atoms with Crippen LogP contribution in [0.5, 0.6) is 0 Å². The van der Waals surface area contributed by atoms with Crippen molar-refractivity contribution in [3.63, 3.8) is 0 Å². The van der Waals surface area contributed by atoms with Gasteiger partial charge in [0.15, 0.2) is 0 Å². The maximum atomic E-state index is 13.6. The molecule has 0 fully saturated rings. The third kappa shape index (κ3) is 5.75. The summed E-state index contributed by atoms with van der Waals surface area (Å²) in [5.74, 6) is -1.35. The second kappa shape index (κ2) is 7.87. The van der Waals surface area contributed by atoms with Crippen LogP contribution in [0.1, 0.15) is 36.9 Å². The number of amides is 2. The highest BCUT2D eigenvalue weighted by molar-refractivity contribution is 7.84. The number of carbonyl (C=O) groups excluding carboxylic acids is 2. The van der Waals surface area contributed by atoms with E-state index in [1.165, 1.54) is 13.0 Å². The Balaban J connectivity index is 1.79. The third-order valence-corrected chi connectivity index (χ3v) is 4.51. The van der Waals surface area contributed by atoms with Crippen molar-refractivity contribution >= 4 is 22.2 Å². The molecule has 1 aliphatic carbocycles. The molecular formula is C15H19F2N3O4S. The maximum Gasteiger partial charge on any atom is 0.372 e. The van der Waals surface area contributed by atoms with Gasteiger partial charge in [0, 0.05) is 12.5 Å². The molecule has 0 spiro atoms. The van der Waals surface area contributed by atoms with Crippen molar-refractivity contribution in [2.75, 3.05) is 6.54 Å². The topological polar surface area (TPSA) is 104 Å². The van der Waals surface area contributed by atoms with Crippen LogP contribution in [0.2, 0.25) is 0 Å². The van der Waals surface area contributed by atoms with Crippen LogP contribution in [0.3, 0.4) is 0 Å². The first-order chi connectivity index (χ1) is 11.7. The molecule has 1 aromatic carbocycles. The first kappa shape index (κ1) is 19.3. The van der Waals surface area contributed by atoms with Crippen molar-refractivity contribution in [2.45, 2.75) is 38.3 Å².